The Morgan fingerprint density at radius 3 is 3.00 bits per heavy atom. The van der Waals surface area contributed by atoms with Gasteiger partial charge >= 0.3 is 0 Å². The Morgan fingerprint density at radius 1 is 1.08 bits per heavy atom. The molecule has 0 fully saturated rings. The van der Waals surface area contributed by atoms with E-state index in [2.05, 4.69) is 27.6 Å². The van der Waals surface area contributed by atoms with Gasteiger partial charge in [-0.25, -0.2) is 0 Å². The first-order chi connectivity index (χ1) is 11.8. The van der Waals surface area contributed by atoms with Crippen molar-refractivity contribution in [3.8, 4) is 17.0 Å². The zero-order valence-corrected chi connectivity index (χ0v) is 13.3. The van der Waals surface area contributed by atoms with Crippen LogP contribution in [0.3, 0.4) is 0 Å². The van der Waals surface area contributed by atoms with Crippen molar-refractivity contribution in [2.75, 3.05) is 13.2 Å². The van der Waals surface area contributed by atoms with Crippen LogP contribution in [0, 0.1) is 0 Å². The van der Waals surface area contributed by atoms with Crippen LogP contribution in [0.25, 0.3) is 22.2 Å². The standard InChI is InChI=1S/C19H19N3O2/c23-18-8-5-13-3-1-4-14(11-13)19-16-12-15(24-10-2-9-20-18)6-7-17(16)21-22-19/h1,3-4,6-7,11-12H,2,5,8-10H2,(H,20,23)(H,21,22). The highest BCUT2D eigenvalue weighted by atomic mass is 16.5. The zero-order valence-electron chi connectivity index (χ0n) is 13.3. The van der Waals surface area contributed by atoms with Crippen LogP contribution < -0.4 is 10.1 Å². The predicted octanol–water partition coefficient (Wildman–Crippen LogP) is 3.06. The monoisotopic (exact) mass is 321 g/mol. The molecule has 1 aliphatic heterocycles. The summed E-state index contributed by atoms with van der Waals surface area (Å²) >= 11 is 0. The molecule has 24 heavy (non-hydrogen) atoms. The summed E-state index contributed by atoms with van der Waals surface area (Å²) in [4.78, 5) is 11.9. The highest BCUT2D eigenvalue weighted by Gasteiger charge is 2.11. The fourth-order valence-corrected chi connectivity index (χ4v) is 3.01. The number of carbonyl (C=O) groups excluding carboxylic acids is 1. The summed E-state index contributed by atoms with van der Waals surface area (Å²) in [7, 11) is 0. The van der Waals surface area contributed by atoms with Gasteiger partial charge in [0.05, 0.1) is 12.1 Å². The lowest BCUT2D eigenvalue weighted by atomic mass is 10.0. The van der Waals surface area contributed by atoms with Gasteiger partial charge in [0.25, 0.3) is 0 Å². The summed E-state index contributed by atoms with van der Waals surface area (Å²) in [6.45, 7) is 1.21. The Hall–Kier alpha value is -2.82. The molecule has 3 aromatic rings. The van der Waals surface area contributed by atoms with E-state index in [4.69, 9.17) is 4.74 Å². The molecule has 122 valence electrons. The van der Waals surface area contributed by atoms with E-state index < -0.39 is 0 Å². The topological polar surface area (TPSA) is 67.0 Å². The zero-order chi connectivity index (χ0) is 16.4. The first kappa shape index (κ1) is 14.8. The van der Waals surface area contributed by atoms with Crippen molar-refractivity contribution in [3.05, 3.63) is 48.0 Å². The summed E-state index contributed by atoms with van der Waals surface area (Å²) in [5, 5.41) is 11.5. The molecule has 0 aliphatic carbocycles. The molecule has 4 rings (SSSR count). The summed E-state index contributed by atoms with van der Waals surface area (Å²) < 4.78 is 5.81. The molecule has 0 saturated heterocycles. The molecular weight excluding hydrogens is 302 g/mol. The van der Waals surface area contributed by atoms with Crippen LogP contribution in [-0.4, -0.2) is 29.3 Å². The van der Waals surface area contributed by atoms with E-state index in [1.165, 1.54) is 0 Å². The molecular formula is C19H19N3O2. The van der Waals surface area contributed by atoms with E-state index >= 15 is 0 Å². The third-order valence-electron chi connectivity index (χ3n) is 4.29. The molecule has 0 radical (unpaired) electrons. The molecule has 0 spiro atoms. The summed E-state index contributed by atoms with van der Waals surface area (Å²) in [5.41, 5.74) is 4.09. The number of nitrogens with zero attached hydrogens (tertiary/aromatic N) is 1. The number of H-pyrrole nitrogens is 1. The predicted molar refractivity (Wildman–Crippen MR) is 93.0 cm³/mol. The second-order valence-electron chi connectivity index (χ2n) is 6.03. The van der Waals surface area contributed by atoms with Crippen molar-refractivity contribution in [2.24, 2.45) is 0 Å². The molecule has 1 aliphatic rings. The Kier molecular flexibility index (Phi) is 3.91. The van der Waals surface area contributed by atoms with Gasteiger partial charge in [0.15, 0.2) is 0 Å². The number of aromatic nitrogens is 2. The molecule has 4 bridgehead atoms. The molecule has 1 aromatic heterocycles. The van der Waals surface area contributed by atoms with Crippen molar-refractivity contribution in [3.63, 3.8) is 0 Å². The highest BCUT2D eigenvalue weighted by Crippen LogP contribution is 2.30. The van der Waals surface area contributed by atoms with Crippen LogP contribution in [-0.2, 0) is 11.2 Å². The van der Waals surface area contributed by atoms with E-state index in [0.717, 1.165) is 46.3 Å². The molecule has 0 saturated carbocycles. The number of hydrogen-bond donors (Lipinski definition) is 2. The van der Waals surface area contributed by atoms with E-state index in [9.17, 15) is 4.79 Å². The average molecular weight is 321 g/mol. The largest absolute Gasteiger partial charge is 0.494 e. The number of amides is 1. The minimum absolute atomic E-state index is 0.0815. The van der Waals surface area contributed by atoms with Gasteiger partial charge in [0.2, 0.25) is 5.91 Å². The highest BCUT2D eigenvalue weighted by molar-refractivity contribution is 5.93. The van der Waals surface area contributed by atoms with E-state index in [1.54, 1.807) is 0 Å². The molecule has 2 heterocycles. The van der Waals surface area contributed by atoms with Crippen LogP contribution in [0.5, 0.6) is 5.75 Å². The first-order valence-electron chi connectivity index (χ1n) is 8.26. The van der Waals surface area contributed by atoms with Crippen molar-refractivity contribution in [1.29, 1.82) is 0 Å². The van der Waals surface area contributed by atoms with Crippen LogP contribution in [0.4, 0.5) is 0 Å². The number of rotatable bonds is 0. The van der Waals surface area contributed by atoms with Crippen molar-refractivity contribution < 1.29 is 9.53 Å². The SMILES string of the molecule is O=C1CCc2cccc(c2)-c2n[nH]c3ccc(cc23)OCCCN1. The lowest BCUT2D eigenvalue weighted by molar-refractivity contribution is -0.121. The minimum atomic E-state index is 0.0815. The Balaban J connectivity index is 1.78. The summed E-state index contributed by atoms with van der Waals surface area (Å²) in [6, 6.07) is 14.2. The molecule has 0 atom stereocenters. The van der Waals surface area contributed by atoms with Gasteiger partial charge in [0, 0.05) is 23.9 Å². The maximum Gasteiger partial charge on any atom is 0.220 e. The number of hydrogen-bond acceptors (Lipinski definition) is 3. The normalized spacial score (nSPS) is 15.4. The second-order valence-corrected chi connectivity index (χ2v) is 6.03. The smallest absolute Gasteiger partial charge is 0.220 e. The van der Waals surface area contributed by atoms with E-state index in [0.29, 0.717) is 19.6 Å². The van der Waals surface area contributed by atoms with Crippen molar-refractivity contribution >= 4 is 16.8 Å². The molecule has 5 heteroatoms. The van der Waals surface area contributed by atoms with Crippen LogP contribution >= 0.6 is 0 Å². The summed E-state index contributed by atoms with van der Waals surface area (Å²) in [6.07, 6.45) is 2.01. The summed E-state index contributed by atoms with van der Waals surface area (Å²) in [5.74, 6) is 0.903. The van der Waals surface area contributed by atoms with Crippen molar-refractivity contribution in [2.45, 2.75) is 19.3 Å². The lowest BCUT2D eigenvalue weighted by Crippen LogP contribution is -2.25. The second kappa shape index (κ2) is 6.35. The number of aromatic amines is 1. The quantitative estimate of drug-likeness (QED) is 0.669. The van der Waals surface area contributed by atoms with Crippen LogP contribution in [0.2, 0.25) is 0 Å². The third kappa shape index (κ3) is 2.97. The molecule has 5 nitrogen and oxygen atoms in total. The molecule has 2 aromatic carbocycles. The Bertz CT molecular complexity index is 885. The maximum absolute atomic E-state index is 11.9. The minimum Gasteiger partial charge on any atom is -0.494 e. The van der Waals surface area contributed by atoms with Gasteiger partial charge in [0.1, 0.15) is 11.4 Å². The Labute approximate surface area is 140 Å². The van der Waals surface area contributed by atoms with Crippen molar-refractivity contribution in [1.82, 2.24) is 15.5 Å². The van der Waals surface area contributed by atoms with Gasteiger partial charge in [-0.3, -0.25) is 9.89 Å². The molecule has 1 amide bonds. The Morgan fingerprint density at radius 2 is 2.04 bits per heavy atom. The number of ether oxygens (including phenoxy) is 1. The fourth-order valence-electron chi connectivity index (χ4n) is 3.01. The number of fused-ring (bicyclic) bond motifs is 4. The van der Waals surface area contributed by atoms with Gasteiger partial charge in [-0.15, -0.1) is 0 Å². The van der Waals surface area contributed by atoms with Gasteiger partial charge in [-0.1, -0.05) is 18.2 Å². The fraction of sp³-hybridized carbons (Fsp3) is 0.263. The average Bonchev–Trinajstić information content (AvgIpc) is 3.02. The van der Waals surface area contributed by atoms with Gasteiger partial charge < -0.3 is 10.1 Å². The number of benzene rings is 2. The number of aryl methyl sites for hydroxylation is 1. The van der Waals surface area contributed by atoms with Crippen LogP contribution in [0.1, 0.15) is 18.4 Å². The molecule has 2 N–H and O–H groups in total. The third-order valence-corrected chi connectivity index (χ3v) is 4.29. The van der Waals surface area contributed by atoms with Crippen LogP contribution in [0.15, 0.2) is 42.5 Å². The van der Waals surface area contributed by atoms with E-state index in [-0.39, 0.29) is 5.91 Å². The van der Waals surface area contributed by atoms with E-state index in [1.807, 2.05) is 30.3 Å². The molecule has 0 unspecified atom stereocenters. The van der Waals surface area contributed by atoms with Gasteiger partial charge in [-0.2, -0.15) is 5.10 Å². The lowest BCUT2D eigenvalue weighted by Gasteiger charge is -2.07. The van der Waals surface area contributed by atoms with Gasteiger partial charge in [-0.05, 0) is 42.7 Å². The number of nitrogens with one attached hydrogen (secondary N) is 2. The first-order valence-corrected chi connectivity index (χ1v) is 8.26. The number of carbonyl (C=O) groups is 1. The maximum atomic E-state index is 11.9.